The number of nitrogens with zero attached hydrogens (tertiary/aromatic N) is 1. The highest BCUT2D eigenvalue weighted by molar-refractivity contribution is 7.11. The molecule has 17 heavy (non-hydrogen) atoms. The average Bonchev–Trinajstić information content (AvgIpc) is 2.86. The second kappa shape index (κ2) is 4.44. The van der Waals surface area contributed by atoms with E-state index < -0.39 is 5.97 Å². The lowest BCUT2D eigenvalue weighted by Crippen LogP contribution is -2.43. The Bertz CT molecular complexity index is 449. The van der Waals surface area contributed by atoms with Crippen LogP contribution in [0.2, 0.25) is 0 Å². The molecule has 0 aromatic carbocycles. The Hall–Kier alpha value is -1.43. The number of hydrogen-bond donors (Lipinski definition) is 2. The highest BCUT2D eigenvalue weighted by Gasteiger charge is 2.31. The number of aromatic nitrogens is 1. The quantitative estimate of drug-likeness (QED) is 0.863. The average molecular weight is 254 g/mol. The van der Waals surface area contributed by atoms with Gasteiger partial charge in [0.2, 0.25) is 0 Å². The van der Waals surface area contributed by atoms with Gasteiger partial charge in [0.1, 0.15) is 0 Å². The van der Waals surface area contributed by atoms with Gasteiger partial charge in [-0.3, -0.25) is 4.79 Å². The molecule has 1 heterocycles. The van der Waals surface area contributed by atoms with E-state index in [0.29, 0.717) is 0 Å². The van der Waals surface area contributed by atoms with Crippen molar-refractivity contribution in [3.63, 3.8) is 0 Å². The molecule has 1 saturated carbocycles. The minimum atomic E-state index is -1.10. The highest BCUT2D eigenvalue weighted by Crippen LogP contribution is 2.29. The number of amides is 1. The van der Waals surface area contributed by atoms with Crippen molar-refractivity contribution in [1.82, 2.24) is 10.3 Å². The lowest BCUT2D eigenvalue weighted by Gasteiger charge is -2.24. The first kappa shape index (κ1) is 12.0. The molecule has 5 nitrogen and oxygen atoms in total. The third-order valence-corrected chi connectivity index (χ3v) is 3.88. The predicted molar refractivity (Wildman–Crippen MR) is 63.4 cm³/mol. The van der Waals surface area contributed by atoms with Crippen molar-refractivity contribution in [1.29, 1.82) is 0 Å². The number of carbonyl (C=O) groups is 2. The van der Waals surface area contributed by atoms with E-state index >= 15 is 0 Å². The summed E-state index contributed by atoms with van der Waals surface area (Å²) in [4.78, 5) is 26.3. The molecular weight excluding hydrogens is 240 g/mol. The van der Waals surface area contributed by atoms with Crippen LogP contribution in [0.5, 0.6) is 0 Å². The zero-order valence-electron chi connectivity index (χ0n) is 9.52. The number of carbonyl (C=O) groups excluding carboxylic acids is 1. The van der Waals surface area contributed by atoms with E-state index in [1.54, 1.807) is 0 Å². The van der Waals surface area contributed by atoms with Crippen molar-refractivity contribution >= 4 is 23.2 Å². The van der Waals surface area contributed by atoms with Crippen LogP contribution in [0, 0.1) is 0 Å². The molecule has 1 aliphatic carbocycles. The van der Waals surface area contributed by atoms with Gasteiger partial charge in [-0.25, -0.2) is 9.78 Å². The number of thiazole rings is 1. The summed E-state index contributed by atoms with van der Waals surface area (Å²) in [5.41, 5.74) is -0.233. The largest absolute Gasteiger partial charge is 0.476 e. The first-order chi connectivity index (χ1) is 8.00. The van der Waals surface area contributed by atoms with Crippen molar-refractivity contribution in [2.24, 2.45) is 0 Å². The Morgan fingerprint density at radius 1 is 1.47 bits per heavy atom. The SMILES string of the molecule is CC1(NC(=O)c2nc(C(=O)O)cs2)CCCC1. The van der Waals surface area contributed by atoms with Crippen LogP contribution >= 0.6 is 11.3 Å². The van der Waals surface area contributed by atoms with Crippen molar-refractivity contribution in [2.45, 2.75) is 38.1 Å². The highest BCUT2D eigenvalue weighted by atomic mass is 32.1. The number of rotatable bonds is 3. The van der Waals surface area contributed by atoms with Gasteiger partial charge in [0.25, 0.3) is 5.91 Å². The lowest BCUT2D eigenvalue weighted by atomic mass is 10.0. The molecule has 1 aromatic rings. The summed E-state index contributed by atoms with van der Waals surface area (Å²) in [6.45, 7) is 2.02. The smallest absolute Gasteiger partial charge is 0.355 e. The van der Waals surface area contributed by atoms with Crippen molar-refractivity contribution in [3.05, 3.63) is 16.1 Å². The molecule has 0 bridgehead atoms. The number of nitrogens with one attached hydrogen (secondary N) is 1. The fourth-order valence-corrected chi connectivity index (χ4v) is 2.77. The van der Waals surface area contributed by atoms with Gasteiger partial charge >= 0.3 is 5.97 Å². The molecule has 0 atom stereocenters. The summed E-state index contributed by atoms with van der Waals surface area (Å²) in [5, 5.41) is 13.3. The Kier molecular flexibility index (Phi) is 3.15. The minimum absolute atomic E-state index is 0.0725. The van der Waals surface area contributed by atoms with Crippen LogP contribution in [0.25, 0.3) is 0 Å². The van der Waals surface area contributed by atoms with Crippen LogP contribution < -0.4 is 5.32 Å². The van der Waals surface area contributed by atoms with E-state index in [1.165, 1.54) is 5.38 Å². The van der Waals surface area contributed by atoms with Crippen molar-refractivity contribution in [2.75, 3.05) is 0 Å². The Balaban J connectivity index is 2.06. The van der Waals surface area contributed by atoms with Gasteiger partial charge in [0.05, 0.1) is 0 Å². The number of hydrogen-bond acceptors (Lipinski definition) is 4. The fourth-order valence-electron chi connectivity index (χ4n) is 2.08. The van der Waals surface area contributed by atoms with Gasteiger partial charge in [-0.15, -0.1) is 11.3 Å². The van der Waals surface area contributed by atoms with Crippen LogP contribution in [0.15, 0.2) is 5.38 Å². The Morgan fingerprint density at radius 2 is 2.12 bits per heavy atom. The van der Waals surface area contributed by atoms with Gasteiger partial charge in [-0.1, -0.05) is 12.8 Å². The van der Waals surface area contributed by atoms with E-state index in [9.17, 15) is 9.59 Å². The van der Waals surface area contributed by atoms with Gasteiger partial charge in [-0.2, -0.15) is 0 Å². The first-order valence-electron chi connectivity index (χ1n) is 5.51. The molecule has 2 rings (SSSR count). The molecule has 92 valence electrons. The molecule has 0 unspecified atom stereocenters. The van der Waals surface area contributed by atoms with Crippen LogP contribution in [-0.2, 0) is 0 Å². The molecule has 1 aromatic heterocycles. The molecule has 1 aliphatic rings. The third kappa shape index (κ3) is 2.63. The van der Waals surface area contributed by atoms with Crippen molar-refractivity contribution < 1.29 is 14.7 Å². The summed E-state index contributed by atoms with van der Waals surface area (Å²) in [7, 11) is 0. The van der Waals surface area contributed by atoms with E-state index in [0.717, 1.165) is 37.0 Å². The zero-order chi connectivity index (χ0) is 12.5. The van der Waals surface area contributed by atoms with E-state index in [-0.39, 0.29) is 22.1 Å². The van der Waals surface area contributed by atoms with Gasteiger partial charge in [0.15, 0.2) is 10.7 Å². The van der Waals surface area contributed by atoms with Gasteiger partial charge < -0.3 is 10.4 Å². The molecule has 2 N–H and O–H groups in total. The standard InChI is InChI=1S/C11H14N2O3S/c1-11(4-2-3-5-11)13-8(14)9-12-7(6-17-9)10(15)16/h6H,2-5H2,1H3,(H,13,14)(H,15,16). The number of aromatic carboxylic acids is 1. The summed E-state index contributed by atoms with van der Waals surface area (Å²) in [6.07, 6.45) is 4.18. The van der Waals surface area contributed by atoms with Crippen molar-refractivity contribution in [3.8, 4) is 0 Å². The van der Waals surface area contributed by atoms with Gasteiger partial charge in [-0.05, 0) is 19.8 Å². The fraction of sp³-hybridized carbons (Fsp3) is 0.545. The maximum Gasteiger partial charge on any atom is 0.355 e. The molecule has 1 amide bonds. The molecule has 0 saturated heterocycles. The molecular formula is C11H14N2O3S. The van der Waals surface area contributed by atoms with Gasteiger partial charge in [0, 0.05) is 10.9 Å². The number of carboxylic acids is 1. The summed E-state index contributed by atoms with van der Waals surface area (Å²) in [5.74, 6) is -1.38. The molecule has 1 fully saturated rings. The Morgan fingerprint density at radius 3 is 2.65 bits per heavy atom. The predicted octanol–water partition coefficient (Wildman–Crippen LogP) is 1.90. The molecule has 0 radical (unpaired) electrons. The summed E-state index contributed by atoms with van der Waals surface area (Å²) in [6, 6.07) is 0. The summed E-state index contributed by atoms with van der Waals surface area (Å²) >= 11 is 1.06. The molecule has 0 spiro atoms. The van der Waals surface area contributed by atoms with E-state index in [2.05, 4.69) is 10.3 Å². The maximum absolute atomic E-state index is 11.9. The normalized spacial score (nSPS) is 17.9. The van der Waals surface area contributed by atoms with Crippen LogP contribution in [-0.4, -0.2) is 27.5 Å². The second-order valence-corrected chi connectivity index (χ2v) is 5.42. The topological polar surface area (TPSA) is 79.3 Å². The van der Waals surface area contributed by atoms with E-state index in [1.807, 2.05) is 6.92 Å². The van der Waals surface area contributed by atoms with Crippen LogP contribution in [0.3, 0.4) is 0 Å². The Labute approximate surface area is 103 Å². The van der Waals surface area contributed by atoms with Crippen LogP contribution in [0.4, 0.5) is 0 Å². The lowest BCUT2D eigenvalue weighted by molar-refractivity contribution is 0.0691. The maximum atomic E-state index is 11.9. The monoisotopic (exact) mass is 254 g/mol. The van der Waals surface area contributed by atoms with E-state index in [4.69, 9.17) is 5.11 Å². The number of carboxylic acid groups (broad SMARTS) is 1. The second-order valence-electron chi connectivity index (χ2n) is 4.56. The molecule has 0 aliphatic heterocycles. The third-order valence-electron chi connectivity index (χ3n) is 3.04. The van der Waals surface area contributed by atoms with Crippen LogP contribution in [0.1, 0.15) is 52.9 Å². The first-order valence-corrected chi connectivity index (χ1v) is 6.39. The molecule has 6 heteroatoms. The summed E-state index contributed by atoms with van der Waals surface area (Å²) < 4.78 is 0. The minimum Gasteiger partial charge on any atom is -0.476 e. The zero-order valence-corrected chi connectivity index (χ0v) is 10.3.